The fourth-order valence-electron chi connectivity index (χ4n) is 3.80. The average molecular weight is 311 g/mol. The summed E-state index contributed by atoms with van der Waals surface area (Å²) in [6.07, 6.45) is 1.33. The molecule has 1 unspecified atom stereocenters. The first-order valence-corrected chi connectivity index (χ1v) is 8.33. The highest BCUT2D eigenvalue weighted by atomic mass is 19.3. The van der Waals surface area contributed by atoms with E-state index in [2.05, 4.69) is 23.0 Å². The molecule has 0 radical (unpaired) electrons. The summed E-state index contributed by atoms with van der Waals surface area (Å²) in [7, 11) is 0. The smallest absolute Gasteiger partial charge is 0.250 e. The Hall–Kier alpha value is -1.01. The van der Waals surface area contributed by atoms with Gasteiger partial charge in [0.25, 0.3) is 0 Å². The number of halogens is 2. The van der Waals surface area contributed by atoms with E-state index >= 15 is 0 Å². The second kappa shape index (κ2) is 5.27. The lowest BCUT2D eigenvalue weighted by atomic mass is 9.93. The Balaban J connectivity index is 1.51. The van der Waals surface area contributed by atoms with Gasteiger partial charge in [-0.3, -0.25) is 9.58 Å². The number of aromatic nitrogens is 2. The maximum atomic E-state index is 13.6. The largest absolute Gasteiger partial charge is 0.378 e. The molecular weight excluding hydrogens is 288 g/mol. The first-order chi connectivity index (χ1) is 10.6. The van der Waals surface area contributed by atoms with E-state index in [1.807, 2.05) is 4.68 Å². The third-order valence-corrected chi connectivity index (χ3v) is 5.37. The van der Waals surface area contributed by atoms with E-state index in [0.717, 1.165) is 44.1 Å². The first-order valence-electron chi connectivity index (χ1n) is 8.33. The number of alkyl halides is 2. The summed E-state index contributed by atoms with van der Waals surface area (Å²) in [5.41, 5.74) is 2.19. The van der Waals surface area contributed by atoms with Crippen LogP contribution < -0.4 is 0 Å². The minimum Gasteiger partial charge on any atom is -0.378 e. The van der Waals surface area contributed by atoms with Crippen molar-refractivity contribution in [2.45, 2.75) is 56.5 Å². The summed E-state index contributed by atoms with van der Waals surface area (Å²) in [6, 6.07) is 2.57. The van der Waals surface area contributed by atoms with Gasteiger partial charge in [0.15, 0.2) is 0 Å². The van der Waals surface area contributed by atoms with Crippen LogP contribution in [0.15, 0.2) is 6.07 Å². The molecule has 3 fully saturated rings. The molecule has 4 nitrogen and oxygen atoms in total. The SMILES string of the molecule is CCc1cc(C2CN(C3COC3)C2)n(C2CCC(F)(F)C2)n1. The van der Waals surface area contributed by atoms with Crippen LogP contribution in [0.5, 0.6) is 0 Å². The maximum Gasteiger partial charge on any atom is 0.250 e. The molecule has 3 heterocycles. The molecule has 0 bridgehead atoms. The van der Waals surface area contributed by atoms with Crippen molar-refractivity contribution in [2.75, 3.05) is 26.3 Å². The molecule has 0 N–H and O–H groups in total. The van der Waals surface area contributed by atoms with Gasteiger partial charge in [0, 0.05) is 37.5 Å². The van der Waals surface area contributed by atoms with Gasteiger partial charge in [-0.25, -0.2) is 8.78 Å². The number of aryl methyl sites for hydroxylation is 1. The molecule has 0 amide bonds. The average Bonchev–Trinajstić information content (AvgIpc) is 2.93. The topological polar surface area (TPSA) is 30.3 Å². The van der Waals surface area contributed by atoms with Gasteiger partial charge in [-0.15, -0.1) is 0 Å². The van der Waals surface area contributed by atoms with Gasteiger partial charge >= 0.3 is 0 Å². The second-order valence-electron chi connectivity index (χ2n) is 6.95. The van der Waals surface area contributed by atoms with E-state index in [0.29, 0.717) is 18.4 Å². The molecule has 1 saturated carbocycles. The third-order valence-electron chi connectivity index (χ3n) is 5.37. The molecule has 1 aromatic heterocycles. The van der Waals surface area contributed by atoms with Crippen molar-refractivity contribution in [2.24, 2.45) is 0 Å². The van der Waals surface area contributed by atoms with Crippen LogP contribution in [0.25, 0.3) is 0 Å². The van der Waals surface area contributed by atoms with Crippen molar-refractivity contribution in [3.63, 3.8) is 0 Å². The van der Waals surface area contributed by atoms with Crippen LogP contribution in [-0.2, 0) is 11.2 Å². The Morgan fingerprint density at radius 1 is 1.32 bits per heavy atom. The lowest BCUT2D eigenvalue weighted by molar-refractivity contribution is -0.0914. The summed E-state index contributed by atoms with van der Waals surface area (Å²) in [6.45, 7) is 5.75. The van der Waals surface area contributed by atoms with Gasteiger partial charge in [0.1, 0.15) is 0 Å². The minimum absolute atomic E-state index is 0.00533. The summed E-state index contributed by atoms with van der Waals surface area (Å²) in [5.74, 6) is -2.09. The number of hydrogen-bond acceptors (Lipinski definition) is 3. The second-order valence-corrected chi connectivity index (χ2v) is 6.95. The fourth-order valence-corrected chi connectivity index (χ4v) is 3.80. The standard InChI is InChI=1S/C16H23F2N3O/c1-2-12-5-15(11-7-20(8-11)14-9-22-10-14)21(19-12)13-3-4-16(17,18)6-13/h5,11,13-14H,2-4,6-10H2,1H3. The highest BCUT2D eigenvalue weighted by Crippen LogP contribution is 2.43. The van der Waals surface area contributed by atoms with E-state index in [9.17, 15) is 8.78 Å². The zero-order chi connectivity index (χ0) is 15.3. The summed E-state index contributed by atoms with van der Waals surface area (Å²) in [5, 5.41) is 4.62. The molecular formula is C16H23F2N3O. The van der Waals surface area contributed by atoms with Gasteiger partial charge in [0.05, 0.1) is 31.0 Å². The van der Waals surface area contributed by atoms with E-state index in [1.165, 1.54) is 0 Å². The van der Waals surface area contributed by atoms with Crippen LogP contribution >= 0.6 is 0 Å². The zero-order valence-corrected chi connectivity index (χ0v) is 13.0. The molecule has 0 spiro atoms. The van der Waals surface area contributed by atoms with Crippen LogP contribution in [0.1, 0.15) is 49.5 Å². The van der Waals surface area contributed by atoms with Gasteiger partial charge in [-0.1, -0.05) is 6.92 Å². The molecule has 1 aliphatic carbocycles. The van der Waals surface area contributed by atoms with E-state index < -0.39 is 5.92 Å². The van der Waals surface area contributed by atoms with E-state index in [4.69, 9.17) is 4.74 Å². The third kappa shape index (κ3) is 2.46. The lowest BCUT2D eigenvalue weighted by Crippen LogP contribution is -2.58. The highest BCUT2D eigenvalue weighted by molar-refractivity contribution is 5.20. The molecule has 2 aliphatic heterocycles. The van der Waals surface area contributed by atoms with Crippen LogP contribution in [0.3, 0.4) is 0 Å². The van der Waals surface area contributed by atoms with Crippen molar-refractivity contribution < 1.29 is 13.5 Å². The Morgan fingerprint density at radius 3 is 2.64 bits per heavy atom. The normalized spacial score (nSPS) is 29.5. The fraction of sp³-hybridized carbons (Fsp3) is 0.812. The number of hydrogen-bond donors (Lipinski definition) is 0. The molecule has 3 aliphatic rings. The van der Waals surface area contributed by atoms with Crippen LogP contribution in [0.4, 0.5) is 8.78 Å². The molecule has 0 aromatic carbocycles. The van der Waals surface area contributed by atoms with Gasteiger partial charge in [0.2, 0.25) is 5.92 Å². The van der Waals surface area contributed by atoms with E-state index in [1.54, 1.807) is 0 Å². The van der Waals surface area contributed by atoms with Crippen molar-refractivity contribution in [3.8, 4) is 0 Å². The molecule has 122 valence electrons. The predicted molar refractivity (Wildman–Crippen MR) is 78.4 cm³/mol. The molecule has 4 rings (SSSR count). The summed E-state index contributed by atoms with van der Waals surface area (Å²) < 4.78 is 34.3. The lowest BCUT2D eigenvalue weighted by Gasteiger charge is -2.47. The Bertz CT molecular complexity index is 550. The van der Waals surface area contributed by atoms with Crippen molar-refractivity contribution in [1.82, 2.24) is 14.7 Å². The van der Waals surface area contributed by atoms with Gasteiger partial charge in [-0.2, -0.15) is 5.10 Å². The quantitative estimate of drug-likeness (QED) is 0.856. The van der Waals surface area contributed by atoms with Gasteiger partial charge < -0.3 is 4.74 Å². The van der Waals surface area contributed by atoms with Crippen molar-refractivity contribution in [3.05, 3.63) is 17.5 Å². The minimum atomic E-state index is -2.52. The highest BCUT2D eigenvalue weighted by Gasteiger charge is 2.43. The molecule has 1 aromatic rings. The van der Waals surface area contributed by atoms with Crippen molar-refractivity contribution in [1.29, 1.82) is 0 Å². The van der Waals surface area contributed by atoms with Crippen LogP contribution in [-0.4, -0.2) is 52.9 Å². The van der Waals surface area contributed by atoms with Crippen LogP contribution in [0.2, 0.25) is 0 Å². The first kappa shape index (κ1) is 14.6. The Kier molecular flexibility index (Phi) is 3.49. The van der Waals surface area contributed by atoms with E-state index in [-0.39, 0.29) is 18.9 Å². The number of nitrogens with zero attached hydrogens (tertiary/aromatic N) is 3. The summed E-state index contributed by atoms with van der Waals surface area (Å²) in [4.78, 5) is 2.43. The maximum absolute atomic E-state index is 13.6. The van der Waals surface area contributed by atoms with Gasteiger partial charge in [-0.05, 0) is 18.9 Å². The zero-order valence-electron chi connectivity index (χ0n) is 13.0. The predicted octanol–water partition coefficient (Wildman–Crippen LogP) is 2.60. The molecule has 2 saturated heterocycles. The number of rotatable bonds is 4. The number of ether oxygens (including phenoxy) is 1. The Labute approximate surface area is 129 Å². The number of likely N-dealkylation sites (tertiary alicyclic amines) is 1. The molecule has 1 atom stereocenters. The van der Waals surface area contributed by atoms with Crippen LogP contribution in [0, 0.1) is 0 Å². The Morgan fingerprint density at radius 2 is 2.09 bits per heavy atom. The monoisotopic (exact) mass is 311 g/mol. The molecule has 22 heavy (non-hydrogen) atoms. The van der Waals surface area contributed by atoms with Crippen molar-refractivity contribution >= 4 is 0 Å². The molecule has 6 heteroatoms. The summed E-state index contributed by atoms with van der Waals surface area (Å²) >= 11 is 0.